The van der Waals surface area contributed by atoms with Gasteiger partial charge < -0.3 is 9.53 Å². The lowest BCUT2D eigenvalue weighted by Gasteiger charge is -2.07. The maximum Gasteiger partial charge on any atom is 0.167 e. The number of hydrogen-bond acceptors (Lipinski definition) is 2. The van der Waals surface area contributed by atoms with E-state index in [1.54, 1.807) is 32.0 Å². The van der Waals surface area contributed by atoms with Gasteiger partial charge in [-0.2, -0.15) is 0 Å². The van der Waals surface area contributed by atoms with E-state index in [1.165, 1.54) is 0 Å². The van der Waals surface area contributed by atoms with Crippen molar-refractivity contribution in [3.05, 3.63) is 29.6 Å². The third-order valence-electron chi connectivity index (χ3n) is 2.34. The summed E-state index contributed by atoms with van der Waals surface area (Å²) in [7, 11) is 0. The molecule has 0 amide bonds. The highest BCUT2D eigenvalue weighted by Crippen LogP contribution is 2.19. The van der Waals surface area contributed by atoms with Gasteiger partial charge in [0.05, 0.1) is 6.61 Å². The number of unbranched alkanes of at least 4 members (excludes halogenated alkanes) is 1. The number of hydrogen-bond donors (Lipinski definition) is 0. The highest BCUT2D eigenvalue weighted by atomic mass is 19.1. The predicted octanol–water partition coefficient (Wildman–Crippen LogP) is 3.27. The summed E-state index contributed by atoms with van der Waals surface area (Å²) in [5.74, 6) is 0.179. The summed E-state index contributed by atoms with van der Waals surface area (Å²) in [6, 6.07) is 5.09. The van der Waals surface area contributed by atoms with Crippen LogP contribution >= 0.6 is 0 Å². The molecule has 2 nitrogen and oxygen atoms in total. The lowest BCUT2D eigenvalue weighted by atomic mass is 10.2. The Bertz CT molecular complexity index is 361. The normalized spacial score (nSPS) is 10.2. The molecule has 0 aliphatic heterocycles. The largest absolute Gasteiger partial charge is 0.491 e. The Balaban J connectivity index is 2.32. The van der Waals surface area contributed by atoms with Gasteiger partial charge in [-0.15, -0.1) is 0 Å². The van der Waals surface area contributed by atoms with Crippen molar-refractivity contribution in [1.82, 2.24) is 0 Å². The van der Waals surface area contributed by atoms with Gasteiger partial charge in [0.1, 0.15) is 5.78 Å². The van der Waals surface area contributed by atoms with Gasteiger partial charge in [0.2, 0.25) is 0 Å². The first-order valence-electron chi connectivity index (χ1n) is 5.48. The van der Waals surface area contributed by atoms with E-state index in [0.717, 1.165) is 12.8 Å². The molecule has 0 aliphatic rings. The summed E-state index contributed by atoms with van der Waals surface area (Å²) in [6.45, 7) is 3.73. The maximum absolute atomic E-state index is 13.5. The number of carbonyl (C=O) groups is 1. The second-order valence-electron chi connectivity index (χ2n) is 3.89. The van der Waals surface area contributed by atoms with Crippen molar-refractivity contribution in [2.45, 2.75) is 33.1 Å². The highest BCUT2D eigenvalue weighted by Gasteiger charge is 2.05. The zero-order valence-corrected chi connectivity index (χ0v) is 9.75. The fraction of sp³-hybridized carbons (Fsp3) is 0.462. The first kappa shape index (κ1) is 12.7. The molecule has 3 heteroatoms. The van der Waals surface area contributed by atoms with Gasteiger partial charge in [-0.05, 0) is 38.3 Å². The third kappa shape index (κ3) is 4.01. The molecular formula is C13H17FO2. The average Bonchev–Trinajstić information content (AvgIpc) is 2.23. The van der Waals surface area contributed by atoms with Crippen LogP contribution in [0.5, 0.6) is 5.75 Å². The Morgan fingerprint density at radius 2 is 2.12 bits per heavy atom. The van der Waals surface area contributed by atoms with Crippen LogP contribution in [0.2, 0.25) is 0 Å². The summed E-state index contributed by atoms with van der Waals surface area (Å²) in [6.07, 6.45) is 2.13. The van der Waals surface area contributed by atoms with E-state index in [4.69, 9.17) is 4.74 Å². The molecule has 0 fully saturated rings. The Hall–Kier alpha value is -1.38. The Morgan fingerprint density at radius 3 is 2.81 bits per heavy atom. The number of ether oxygens (including phenoxy) is 1. The Labute approximate surface area is 95.4 Å². The molecule has 0 unspecified atom stereocenters. The second kappa shape index (κ2) is 6.26. The zero-order valence-electron chi connectivity index (χ0n) is 9.75. The van der Waals surface area contributed by atoms with Gasteiger partial charge in [-0.3, -0.25) is 0 Å². The van der Waals surface area contributed by atoms with Crippen LogP contribution in [0.15, 0.2) is 18.2 Å². The van der Waals surface area contributed by atoms with Crippen molar-refractivity contribution >= 4 is 5.78 Å². The minimum absolute atomic E-state index is 0.182. The topological polar surface area (TPSA) is 26.3 Å². The number of halogens is 1. The molecule has 16 heavy (non-hydrogen) atoms. The van der Waals surface area contributed by atoms with Crippen LogP contribution in [0.4, 0.5) is 4.39 Å². The summed E-state index contributed by atoms with van der Waals surface area (Å²) in [5.41, 5.74) is 0.584. The molecule has 1 rings (SSSR count). The van der Waals surface area contributed by atoms with Gasteiger partial charge in [0.15, 0.2) is 11.6 Å². The lowest BCUT2D eigenvalue weighted by molar-refractivity contribution is -0.117. The van der Waals surface area contributed by atoms with Crippen LogP contribution in [0.1, 0.15) is 31.7 Å². The van der Waals surface area contributed by atoms with E-state index in [1.807, 2.05) is 0 Å². The van der Waals surface area contributed by atoms with Crippen molar-refractivity contribution in [3.8, 4) is 5.75 Å². The highest BCUT2D eigenvalue weighted by molar-refractivity contribution is 5.75. The number of carbonyl (C=O) groups excluding carboxylic acids is 1. The minimum Gasteiger partial charge on any atom is -0.491 e. The van der Waals surface area contributed by atoms with Crippen LogP contribution in [0, 0.1) is 12.7 Å². The molecule has 1 aromatic carbocycles. The van der Waals surface area contributed by atoms with Gasteiger partial charge >= 0.3 is 0 Å². The van der Waals surface area contributed by atoms with Crippen molar-refractivity contribution in [2.24, 2.45) is 0 Å². The molecule has 0 atom stereocenters. The number of rotatable bonds is 6. The fourth-order valence-electron chi connectivity index (χ4n) is 1.39. The first-order valence-corrected chi connectivity index (χ1v) is 5.48. The third-order valence-corrected chi connectivity index (χ3v) is 2.34. The molecule has 0 heterocycles. The second-order valence-corrected chi connectivity index (χ2v) is 3.89. The van der Waals surface area contributed by atoms with Crippen molar-refractivity contribution in [2.75, 3.05) is 6.61 Å². The van der Waals surface area contributed by atoms with Gasteiger partial charge in [0, 0.05) is 6.42 Å². The SMILES string of the molecule is CC(=O)CCCCOc1cccc(C)c1F. The van der Waals surface area contributed by atoms with Crippen molar-refractivity contribution in [3.63, 3.8) is 0 Å². The van der Waals surface area contributed by atoms with Crippen molar-refractivity contribution < 1.29 is 13.9 Å². The molecule has 0 saturated heterocycles. The molecule has 1 aromatic rings. The van der Waals surface area contributed by atoms with E-state index in [9.17, 15) is 9.18 Å². The van der Waals surface area contributed by atoms with Gasteiger partial charge in [-0.25, -0.2) is 4.39 Å². The average molecular weight is 224 g/mol. The molecule has 88 valence electrons. The van der Waals surface area contributed by atoms with Crippen LogP contribution in [0.25, 0.3) is 0 Å². The standard InChI is InChI=1S/C13H17FO2/c1-10-6-5-8-12(13(10)14)16-9-4-3-7-11(2)15/h5-6,8H,3-4,7,9H2,1-2H3. The van der Waals surface area contributed by atoms with E-state index < -0.39 is 0 Å². The predicted molar refractivity (Wildman–Crippen MR) is 61.2 cm³/mol. The monoisotopic (exact) mass is 224 g/mol. The van der Waals surface area contributed by atoms with Crippen molar-refractivity contribution in [1.29, 1.82) is 0 Å². The molecule has 0 saturated carbocycles. The number of Topliss-reactive ketones (excluding diaryl/α,β-unsaturated/α-hetero) is 1. The number of benzene rings is 1. The summed E-state index contributed by atoms with van der Waals surface area (Å²) in [5, 5.41) is 0. The Morgan fingerprint density at radius 1 is 1.38 bits per heavy atom. The molecule has 0 bridgehead atoms. The van der Waals surface area contributed by atoms with E-state index >= 15 is 0 Å². The van der Waals surface area contributed by atoms with Crippen LogP contribution in [0.3, 0.4) is 0 Å². The Kier molecular flexibility index (Phi) is 4.96. The first-order chi connectivity index (χ1) is 7.61. The molecule has 0 radical (unpaired) electrons. The van der Waals surface area contributed by atoms with Crippen LogP contribution in [-0.4, -0.2) is 12.4 Å². The summed E-state index contributed by atoms with van der Waals surface area (Å²) < 4.78 is 18.8. The quantitative estimate of drug-likeness (QED) is 0.693. The number of ketones is 1. The molecule has 0 N–H and O–H groups in total. The number of aryl methyl sites for hydroxylation is 1. The van der Waals surface area contributed by atoms with Crippen LogP contribution < -0.4 is 4.74 Å². The maximum atomic E-state index is 13.5. The molecule has 0 aromatic heterocycles. The smallest absolute Gasteiger partial charge is 0.167 e. The van der Waals surface area contributed by atoms with Gasteiger partial charge in [-0.1, -0.05) is 12.1 Å². The van der Waals surface area contributed by atoms with E-state index in [0.29, 0.717) is 24.3 Å². The molecular weight excluding hydrogens is 207 g/mol. The zero-order chi connectivity index (χ0) is 12.0. The van der Waals surface area contributed by atoms with Gasteiger partial charge in [0.25, 0.3) is 0 Å². The fourth-order valence-corrected chi connectivity index (χ4v) is 1.39. The van der Waals surface area contributed by atoms with E-state index in [-0.39, 0.29) is 11.6 Å². The molecule has 0 aliphatic carbocycles. The summed E-state index contributed by atoms with van der Waals surface area (Å²) in [4.78, 5) is 10.7. The minimum atomic E-state index is -0.297. The summed E-state index contributed by atoms with van der Waals surface area (Å²) >= 11 is 0. The van der Waals surface area contributed by atoms with E-state index in [2.05, 4.69) is 0 Å². The van der Waals surface area contributed by atoms with Crippen LogP contribution in [-0.2, 0) is 4.79 Å². The molecule has 0 spiro atoms. The lowest BCUT2D eigenvalue weighted by Crippen LogP contribution is -2.01.